The molecule has 0 fully saturated rings. The first kappa shape index (κ1) is 21.8. The van der Waals surface area contributed by atoms with Crippen LogP contribution >= 0.6 is 0 Å². The molecule has 6 nitrogen and oxygen atoms in total. The molecule has 0 aromatic rings. The van der Waals surface area contributed by atoms with E-state index in [-0.39, 0.29) is 0 Å². The van der Waals surface area contributed by atoms with Gasteiger partial charge in [-0.1, -0.05) is 0 Å². The van der Waals surface area contributed by atoms with E-state index in [1.807, 2.05) is 4.72 Å². The summed E-state index contributed by atoms with van der Waals surface area (Å²) in [5.41, 5.74) is -2.70. The fourth-order valence-corrected chi connectivity index (χ4v) is 2.30. The third kappa shape index (κ3) is 6.46. The number of methoxy groups -OCH3 is 1. The van der Waals surface area contributed by atoms with E-state index in [1.165, 1.54) is 27.7 Å². The average molecular weight is 360 g/mol. The molecular formula is C13H23F3N2O4S. The Labute approximate surface area is 136 Å². The highest BCUT2D eigenvalue weighted by molar-refractivity contribution is 7.84. The van der Waals surface area contributed by atoms with Crippen LogP contribution in [0.4, 0.5) is 13.2 Å². The first-order valence-electron chi connectivity index (χ1n) is 6.77. The van der Waals surface area contributed by atoms with E-state index in [0.29, 0.717) is 0 Å². The van der Waals surface area contributed by atoms with E-state index in [0.717, 1.165) is 14.0 Å². The number of ether oxygens (including phenoxy) is 1. The molecule has 0 saturated carbocycles. The van der Waals surface area contributed by atoms with Crippen molar-refractivity contribution in [2.24, 2.45) is 0 Å². The minimum atomic E-state index is -4.82. The predicted octanol–water partition coefficient (Wildman–Crippen LogP) is 1.43. The molecule has 0 aromatic carbocycles. The zero-order valence-electron chi connectivity index (χ0n) is 14.0. The lowest BCUT2D eigenvalue weighted by atomic mass is 9.98. The Bertz CT molecular complexity index is 477. The molecule has 0 saturated heterocycles. The highest BCUT2D eigenvalue weighted by Gasteiger charge is 2.54. The second-order valence-corrected chi connectivity index (χ2v) is 8.27. The monoisotopic (exact) mass is 360 g/mol. The summed E-state index contributed by atoms with van der Waals surface area (Å²) in [4.78, 5) is 23.0. The standard InChI is InChI=1S/C13H23F3N2O4S/c1-8(10(20)22-6)17-9(19)7-12(5,13(14,15)16)18-23(21)11(2,3)4/h8,18H,7H2,1-6H3,(H,17,19)/t8-,12+,23-/m0/s1. The molecule has 0 heterocycles. The second-order valence-electron chi connectivity index (χ2n) is 6.30. The SMILES string of the molecule is COC(=O)[C@H](C)NC(=O)C[C@@](C)(N[S@@](=O)C(C)(C)C)C(F)(F)F. The van der Waals surface area contributed by atoms with Gasteiger partial charge >= 0.3 is 12.1 Å². The number of carbonyl (C=O) groups excluding carboxylic acids is 2. The number of halogens is 3. The maximum Gasteiger partial charge on any atom is 0.407 e. The van der Waals surface area contributed by atoms with Gasteiger partial charge in [0.15, 0.2) is 0 Å². The van der Waals surface area contributed by atoms with E-state index in [1.54, 1.807) is 0 Å². The smallest absolute Gasteiger partial charge is 0.407 e. The van der Waals surface area contributed by atoms with Crippen LogP contribution in [-0.4, -0.2) is 45.7 Å². The van der Waals surface area contributed by atoms with Crippen molar-refractivity contribution in [1.29, 1.82) is 0 Å². The van der Waals surface area contributed by atoms with Crippen molar-refractivity contribution in [3.8, 4) is 0 Å². The van der Waals surface area contributed by atoms with Gasteiger partial charge in [-0.15, -0.1) is 0 Å². The minimum absolute atomic E-state index is 0.749. The van der Waals surface area contributed by atoms with Crippen LogP contribution in [-0.2, 0) is 25.3 Å². The normalized spacial score (nSPS) is 17.8. The van der Waals surface area contributed by atoms with Crippen LogP contribution in [0.3, 0.4) is 0 Å². The maximum atomic E-state index is 13.3. The van der Waals surface area contributed by atoms with Crippen molar-refractivity contribution < 1.29 is 31.7 Å². The van der Waals surface area contributed by atoms with E-state index >= 15 is 0 Å². The van der Waals surface area contributed by atoms with E-state index in [2.05, 4.69) is 10.1 Å². The lowest BCUT2D eigenvalue weighted by Crippen LogP contribution is -2.59. The quantitative estimate of drug-likeness (QED) is 0.702. The van der Waals surface area contributed by atoms with Crippen LogP contribution in [0.2, 0.25) is 0 Å². The molecule has 0 spiro atoms. The van der Waals surface area contributed by atoms with Crippen molar-refractivity contribution >= 4 is 22.9 Å². The molecule has 0 radical (unpaired) electrons. The average Bonchev–Trinajstić information content (AvgIpc) is 2.34. The van der Waals surface area contributed by atoms with Crippen LogP contribution < -0.4 is 10.0 Å². The number of amides is 1. The molecule has 2 N–H and O–H groups in total. The van der Waals surface area contributed by atoms with Gasteiger partial charge in [0.25, 0.3) is 0 Å². The largest absolute Gasteiger partial charge is 0.467 e. The molecule has 0 aliphatic carbocycles. The number of hydrogen-bond donors (Lipinski definition) is 2. The fraction of sp³-hybridized carbons (Fsp3) is 0.846. The summed E-state index contributed by atoms with van der Waals surface area (Å²) >= 11 is 0. The Morgan fingerprint density at radius 1 is 1.17 bits per heavy atom. The Morgan fingerprint density at radius 3 is 2.00 bits per heavy atom. The van der Waals surface area contributed by atoms with Crippen molar-refractivity contribution in [1.82, 2.24) is 10.0 Å². The van der Waals surface area contributed by atoms with Gasteiger partial charge in [0.1, 0.15) is 11.6 Å². The van der Waals surface area contributed by atoms with Gasteiger partial charge in [-0.25, -0.2) is 13.7 Å². The zero-order valence-corrected chi connectivity index (χ0v) is 14.8. The number of carbonyl (C=O) groups is 2. The number of alkyl halides is 3. The Morgan fingerprint density at radius 2 is 1.65 bits per heavy atom. The van der Waals surface area contributed by atoms with Crippen LogP contribution in [0.15, 0.2) is 0 Å². The summed E-state index contributed by atoms with van der Waals surface area (Å²) in [5, 5.41) is 2.12. The van der Waals surface area contributed by atoms with Gasteiger partial charge in [-0.3, -0.25) is 4.79 Å². The third-order valence-corrected chi connectivity index (χ3v) is 4.69. The maximum absolute atomic E-state index is 13.3. The molecule has 0 aromatic heterocycles. The molecule has 136 valence electrons. The number of hydrogen-bond acceptors (Lipinski definition) is 4. The number of rotatable bonds is 6. The molecule has 10 heteroatoms. The van der Waals surface area contributed by atoms with Gasteiger partial charge in [0.05, 0.1) is 29.3 Å². The molecule has 0 rings (SSSR count). The van der Waals surface area contributed by atoms with Gasteiger partial charge in [0, 0.05) is 0 Å². The number of esters is 1. The zero-order chi connectivity index (χ0) is 18.6. The molecule has 1 amide bonds. The van der Waals surface area contributed by atoms with E-state index in [4.69, 9.17) is 0 Å². The fourth-order valence-electron chi connectivity index (χ4n) is 1.40. The minimum Gasteiger partial charge on any atom is -0.467 e. The van der Waals surface area contributed by atoms with Crippen molar-refractivity contribution in [3.63, 3.8) is 0 Å². The Kier molecular flexibility index (Phi) is 7.22. The van der Waals surface area contributed by atoms with Crippen molar-refractivity contribution in [2.45, 2.75) is 63.5 Å². The van der Waals surface area contributed by atoms with E-state index in [9.17, 15) is 27.0 Å². The molecule has 0 unspecified atom stereocenters. The summed E-state index contributed by atoms with van der Waals surface area (Å²) in [7, 11) is -0.938. The summed E-state index contributed by atoms with van der Waals surface area (Å²) < 4.78 is 57.3. The summed E-state index contributed by atoms with van der Waals surface area (Å²) in [6.45, 7) is 6.55. The van der Waals surface area contributed by atoms with Gasteiger partial charge < -0.3 is 10.1 Å². The molecule has 0 bridgehead atoms. The topological polar surface area (TPSA) is 84.5 Å². The Hall–Kier alpha value is -1.16. The molecule has 0 aliphatic rings. The first-order valence-corrected chi connectivity index (χ1v) is 7.92. The van der Waals surface area contributed by atoms with Gasteiger partial charge in [-0.2, -0.15) is 13.2 Å². The van der Waals surface area contributed by atoms with Crippen LogP contribution in [0, 0.1) is 0 Å². The molecular weight excluding hydrogens is 337 g/mol. The summed E-state index contributed by atoms with van der Waals surface area (Å²) in [6.07, 6.45) is -5.85. The second kappa shape index (κ2) is 7.61. The molecule has 0 aliphatic heterocycles. The van der Waals surface area contributed by atoms with E-state index < -0.39 is 51.8 Å². The van der Waals surface area contributed by atoms with Crippen LogP contribution in [0.5, 0.6) is 0 Å². The predicted molar refractivity (Wildman–Crippen MR) is 79.7 cm³/mol. The highest BCUT2D eigenvalue weighted by atomic mass is 32.2. The van der Waals surface area contributed by atoms with Crippen molar-refractivity contribution in [2.75, 3.05) is 7.11 Å². The lowest BCUT2D eigenvalue weighted by molar-refractivity contribution is -0.189. The third-order valence-electron chi connectivity index (χ3n) is 2.95. The summed E-state index contributed by atoms with van der Waals surface area (Å²) in [5.74, 6) is -1.79. The Balaban J connectivity index is 5.18. The van der Waals surface area contributed by atoms with Crippen LogP contribution in [0.25, 0.3) is 0 Å². The highest BCUT2D eigenvalue weighted by Crippen LogP contribution is 2.34. The molecule has 3 atom stereocenters. The summed E-state index contributed by atoms with van der Waals surface area (Å²) in [6, 6.07) is -1.09. The van der Waals surface area contributed by atoms with Crippen LogP contribution in [0.1, 0.15) is 41.0 Å². The first-order chi connectivity index (χ1) is 10.1. The number of nitrogens with one attached hydrogen (secondary N) is 2. The van der Waals surface area contributed by atoms with Gasteiger partial charge in [-0.05, 0) is 34.6 Å². The van der Waals surface area contributed by atoms with Gasteiger partial charge in [0.2, 0.25) is 5.91 Å². The lowest BCUT2D eigenvalue weighted by Gasteiger charge is -2.34. The molecule has 23 heavy (non-hydrogen) atoms. The van der Waals surface area contributed by atoms with Crippen molar-refractivity contribution in [3.05, 3.63) is 0 Å².